The molecule has 114 valence electrons. The van der Waals surface area contributed by atoms with Crippen molar-refractivity contribution in [2.45, 2.75) is 51.9 Å². The third kappa shape index (κ3) is 10.0. The first-order valence-corrected chi connectivity index (χ1v) is 7.46. The van der Waals surface area contributed by atoms with Gasteiger partial charge in [0.2, 0.25) is 0 Å². The minimum atomic E-state index is -4.94. The number of hydrogen-bond acceptors (Lipinski definition) is 1. The van der Waals surface area contributed by atoms with Gasteiger partial charge in [-0.3, -0.25) is 0 Å². The summed E-state index contributed by atoms with van der Waals surface area (Å²) >= 11 is 0. The van der Waals surface area contributed by atoms with Crippen LogP contribution in [-0.2, 0) is 0 Å². The fourth-order valence-electron chi connectivity index (χ4n) is 2.06. The molecule has 0 radical (unpaired) electrons. The van der Waals surface area contributed by atoms with Gasteiger partial charge in [0.25, 0.3) is 0 Å². The Kier molecular flexibility index (Phi) is 12.3. The van der Waals surface area contributed by atoms with E-state index in [1.54, 1.807) is 6.07 Å². The Balaban J connectivity index is 0.00000400. The topological polar surface area (TPSA) is 9.23 Å². The van der Waals surface area contributed by atoms with Crippen molar-refractivity contribution < 1.29 is 69.1 Å². The summed E-state index contributed by atoms with van der Waals surface area (Å²) in [6.07, 6.45) is 8.17. The normalized spacial score (nSPS) is 11.0. The third-order valence-electron chi connectivity index (χ3n) is 3.25. The quantitative estimate of drug-likeness (QED) is 0.471. The maximum absolute atomic E-state index is 12.6. The summed E-state index contributed by atoms with van der Waals surface area (Å²) in [4.78, 5) is 0. The second-order valence-corrected chi connectivity index (χ2v) is 5.12. The Bertz CT molecular complexity index is 385. The van der Waals surface area contributed by atoms with Crippen LogP contribution in [0, 0.1) is 0 Å². The van der Waals surface area contributed by atoms with Crippen molar-refractivity contribution in [1.29, 1.82) is 0 Å². The molecule has 0 unspecified atom stereocenters. The van der Waals surface area contributed by atoms with Gasteiger partial charge in [-0.25, -0.2) is 0 Å². The summed E-state index contributed by atoms with van der Waals surface area (Å²) in [7, 11) is 0. The van der Waals surface area contributed by atoms with E-state index in [4.69, 9.17) is 4.74 Å². The van der Waals surface area contributed by atoms with E-state index >= 15 is 0 Å². The molecule has 0 bridgehead atoms. The average molecular weight is 326 g/mol. The van der Waals surface area contributed by atoms with E-state index in [0.717, 1.165) is 25.0 Å². The average Bonchev–Trinajstić information content (AvgIpc) is 2.41. The second-order valence-electron chi connectivity index (χ2n) is 5.12. The van der Waals surface area contributed by atoms with Crippen molar-refractivity contribution >= 4 is 12.4 Å². The standard InChI is InChI=1S/C15H23BF3O.K/c1-2-3-4-5-6-7-8-12-20-15-11-9-10-14(13-15)16(17,18)19;/h9-11,13H,2-8,12H2,1H3;/q-1;+1. The largest absolute Gasteiger partial charge is 1.00 e. The molecule has 0 atom stereocenters. The van der Waals surface area contributed by atoms with Gasteiger partial charge in [0, 0.05) is 0 Å². The van der Waals surface area contributed by atoms with Crippen LogP contribution in [0.2, 0.25) is 0 Å². The number of benzene rings is 1. The van der Waals surface area contributed by atoms with Crippen molar-refractivity contribution in [3.8, 4) is 5.75 Å². The first-order valence-electron chi connectivity index (χ1n) is 7.46. The first kappa shape index (κ1) is 21.5. The predicted octanol–water partition coefficient (Wildman–Crippen LogP) is 1.87. The number of hydrogen-bond donors (Lipinski definition) is 0. The van der Waals surface area contributed by atoms with E-state index in [0.29, 0.717) is 12.4 Å². The summed E-state index contributed by atoms with van der Waals surface area (Å²) < 4.78 is 43.1. The molecule has 1 nitrogen and oxygen atoms in total. The Morgan fingerprint density at radius 2 is 1.57 bits per heavy atom. The molecule has 0 aromatic heterocycles. The van der Waals surface area contributed by atoms with Gasteiger partial charge in [0.1, 0.15) is 5.75 Å². The molecule has 0 saturated carbocycles. The van der Waals surface area contributed by atoms with E-state index in [-0.39, 0.29) is 51.4 Å². The summed E-state index contributed by atoms with van der Waals surface area (Å²) in [5, 5.41) is 0. The molecule has 1 aromatic carbocycles. The Morgan fingerprint density at radius 1 is 0.952 bits per heavy atom. The number of rotatable bonds is 10. The van der Waals surface area contributed by atoms with Gasteiger partial charge in [-0.1, -0.05) is 57.6 Å². The van der Waals surface area contributed by atoms with Crippen LogP contribution in [0.4, 0.5) is 12.9 Å². The molecule has 0 heterocycles. The minimum Gasteiger partial charge on any atom is -0.494 e. The molecule has 0 spiro atoms. The fourth-order valence-corrected chi connectivity index (χ4v) is 2.06. The van der Waals surface area contributed by atoms with E-state index in [1.807, 2.05) is 0 Å². The zero-order valence-corrected chi connectivity index (χ0v) is 16.2. The van der Waals surface area contributed by atoms with Crippen LogP contribution >= 0.6 is 0 Å². The fraction of sp³-hybridized carbons (Fsp3) is 0.600. The SMILES string of the molecule is CCCCCCCCCOc1cccc([B-](F)(F)F)c1.[K+]. The maximum Gasteiger partial charge on any atom is 1.00 e. The van der Waals surface area contributed by atoms with Gasteiger partial charge in [-0.05, 0) is 18.6 Å². The molecule has 0 aliphatic heterocycles. The van der Waals surface area contributed by atoms with Gasteiger partial charge in [0.15, 0.2) is 0 Å². The van der Waals surface area contributed by atoms with E-state index < -0.39 is 12.4 Å². The molecule has 0 saturated heterocycles. The van der Waals surface area contributed by atoms with E-state index in [2.05, 4.69) is 6.92 Å². The molecule has 0 amide bonds. The summed E-state index contributed by atoms with van der Waals surface area (Å²) in [5.41, 5.74) is -0.595. The first-order chi connectivity index (χ1) is 9.54. The zero-order chi connectivity index (χ0) is 14.8. The molecule has 0 fully saturated rings. The van der Waals surface area contributed by atoms with Gasteiger partial charge in [-0.2, -0.15) is 0 Å². The molecule has 0 N–H and O–H groups in total. The van der Waals surface area contributed by atoms with Crippen LogP contribution in [0.25, 0.3) is 0 Å². The third-order valence-corrected chi connectivity index (χ3v) is 3.25. The number of ether oxygens (including phenoxy) is 1. The summed E-state index contributed by atoms with van der Waals surface area (Å²) in [5.74, 6) is 0.313. The van der Waals surface area contributed by atoms with Gasteiger partial charge >= 0.3 is 58.4 Å². The van der Waals surface area contributed by atoms with Crippen molar-refractivity contribution in [2.24, 2.45) is 0 Å². The minimum absolute atomic E-state index is 0. The van der Waals surface area contributed by atoms with Crippen LogP contribution in [-0.4, -0.2) is 13.6 Å². The molecule has 1 aromatic rings. The van der Waals surface area contributed by atoms with Crippen LogP contribution in [0.3, 0.4) is 0 Å². The maximum atomic E-state index is 12.6. The van der Waals surface area contributed by atoms with Crippen molar-refractivity contribution in [2.75, 3.05) is 6.61 Å². The van der Waals surface area contributed by atoms with Crippen LogP contribution in [0.1, 0.15) is 51.9 Å². The molecular formula is C15H23BF3KO. The van der Waals surface area contributed by atoms with Crippen LogP contribution in [0.5, 0.6) is 5.75 Å². The van der Waals surface area contributed by atoms with E-state index in [9.17, 15) is 12.9 Å². The summed E-state index contributed by atoms with van der Waals surface area (Å²) in [6.45, 7) is -2.27. The number of unbranched alkanes of at least 4 members (excludes halogenated alkanes) is 6. The van der Waals surface area contributed by atoms with Gasteiger partial charge < -0.3 is 17.7 Å². The number of halogens is 3. The predicted molar refractivity (Wildman–Crippen MR) is 78.6 cm³/mol. The Labute approximate surface area is 168 Å². The summed E-state index contributed by atoms with van der Waals surface area (Å²) in [6, 6.07) is 5.14. The van der Waals surface area contributed by atoms with Crippen molar-refractivity contribution in [3.05, 3.63) is 24.3 Å². The Hall–Kier alpha value is 0.511. The van der Waals surface area contributed by atoms with Gasteiger partial charge in [0.05, 0.1) is 6.61 Å². The van der Waals surface area contributed by atoms with E-state index in [1.165, 1.54) is 38.2 Å². The van der Waals surface area contributed by atoms with Crippen molar-refractivity contribution in [1.82, 2.24) is 0 Å². The van der Waals surface area contributed by atoms with Crippen LogP contribution in [0.15, 0.2) is 24.3 Å². The van der Waals surface area contributed by atoms with Crippen LogP contribution < -0.4 is 61.6 Å². The van der Waals surface area contributed by atoms with Crippen molar-refractivity contribution in [3.63, 3.8) is 0 Å². The smallest absolute Gasteiger partial charge is 0.494 e. The molecule has 1 rings (SSSR count). The molecular weight excluding hydrogens is 303 g/mol. The molecule has 0 aliphatic rings. The monoisotopic (exact) mass is 326 g/mol. The second kappa shape index (κ2) is 12.0. The molecule has 21 heavy (non-hydrogen) atoms. The van der Waals surface area contributed by atoms with Gasteiger partial charge in [-0.15, -0.1) is 5.46 Å². The zero-order valence-electron chi connectivity index (χ0n) is 13.1. The Morgan fingerprint density at radius 3 is 2.19 bits per heavy atom. The molecule has 0 aliphatic carbocycles. The molecule has 6 heteroatoms.